The summed E-state index contributed by atoms with van der Waals surface area (Å²) in [5.41, 5.74) is 0.670. The largest absolute Gasteiger partial charge is 0.300 e. The quantitative estimate of drug-likeness (QED) is 0.745. The van der Waals surface area contributed by atoms with E-state index in [4.69, 9.17) is 10.7 Å². The van der Waals surface area contributed by atoms with Crippen LogP contribution in [0.3, 0.4) is 0 Å². The predicted octanol–water partition coefficient (Wildman–Crippen LogP) is 0.805. The third kappa shape index (κ3) is 1.91. The molecule has 8 heteroatoms. The van der Waals surface area contributed by atoms with Crippen molar-refractivity contribution in [3.8, 4) is 11.4 Å². The number of halogens is 1. The van der Waals surface area contributed by atoms with Crippen LogP contribution in [0.1, 0.15) is 0 Å². The van der Waals surface area contributed by atoms with Crippen LogP contribution in [0, 0.1) is 0 Å². The highest BCUT2D eigenvalue weighted by Gasteiger charge is 2.20. The van der Waals surface area contributed by atoms with Crippen molar-refractivity contribution in [1.82, 2.24) is 19.7 Å². The van der Waals surface area contributed by atoms with Crippen LogP contribution >= 0.6 is 10.7 Å². The summed E-state index contributed by atoms with van der Waals surface area (Å²) in [5, 5.41) is 7.01. The van der Waals surface area contributed by atoms with Gasteiger partial charge in [0.05, 0.1) is 0 Å². The van der Waals surface area contributed by atoms with E-state index in [1.54, 1.807) is 24.5 Å². The Labute approximate surface area is 96.3 Å². The first-order chi connectivity index (χ1) is 7.50. The van der Waals surface area contributed by atoms with Crippen molar-refractivity contribution in [3.63, 3.8) is 0 Å². The number of pyridine rings is 1. The molecule has 0 atom stereocenters. The summed E-state index contributed by atoms with van der Waals surface area (Å²) < 4.78 is 23.6. The third-order valence-electron chi connectivity index (χ3n) is 1.97. The van der Waals surface area contributed by atoms with E-state index in [9.17, 15) is 8.42 Å². The molecule has 0 aliphatic carbocycles. The average Bonchev–Trinajstić information content (AvgIpc) is 2.61. The van der Waals surface area contributed by atoms with Gasteiger partial charge in [0.2, 0.25) is 0 Å². The summed E-state index contributed by atoms with van der Waals surface area (Å²) in [6.45, 7) is 0. The topological polar surface area (TPSA) is 77.7 Å². The van der Waals surface area contributed by atoms with Crippen LogP contribution in [0.25, 0.3) is 11.4 Å². The Morgan fingerprint density at radius 3 is 2.62 bits per heavy atom. The fourth-order valence-corrected chi connectivity index (χ4v) is 2.23. The smallest absolute Gasteiger partial charge is 0.296 e. The lowest BCUT2D eigenvalue weighted by Gasteiger charge is -2.00. The molecule has 0 aliphatic heterocycles. The molecule has 16 heavy (non-hydrogen) atoms. The Balaban J connectivity index is 2.59. The van der Waals surface area contributed by atoms with Crippen LogP contribution in [0.15, 0.2) is 29.7 Å². The minimum atomic E-state index is -3.88. The van der Waals surface area contributed by atoms with Gasteiger partial charge < -0.3 is 0 Å². The molecule has 0 spiro atoms. The molecule has 0 N–H and O–H groups in total. The molecule has 0 saturated carbocycles. The highest BCUT2D eigenvalue weighted by atomic mass is 35.7. The van der Waals surface area contributed by atoms with Gasteiger partial charge in [-0.05, 0) is 12.1 Å². The summed E-state index contributed by atoms with van der Waals surface area (Å²) >= 11 is 0. The molecule has 2 aromatic rings. The van der Waals surface area contributed by atoms with Crippen molar-refractivity contribution in [3.05, 3.63) is 24.5 Å². The Bertz CT molecular complexity index is 608. The van der Waals surface area contributed by atoms with Gasteiger partial charge >= 0.3 is 0 Å². The maximum atomic E-state index is 11.1. The molecule has 2 rings (SSSR count). The Hall–Kier alpha value is -1.47. The average molecular weight is 259 g/mol. The number of rotatable bonds is 2. The zero-order valence-corrected chi connectivity index (χ0v) is 9.77. The van der Waals surface area contributed by atoms with Crippen LogP contribution in [0.4, 0.5) is 0 Å². The van der Waals surface area contributed by atoms with Gasteiger partial charge in [-0.1, -0.05) is 0 Å². The maximum absolute atomic E-state index is 11.1. The molecule has 0 saturated heterocycles. The van der Waals surface area contributed by atoms with Crippen LogP contribution in [-0.4, -0.2) is 28.2 Å². The van der Waals surface area contributed by atoms with E-state index in [1.165, 1.54) is 11.6 Å². The molecular weight excluding hydrogens is 252 g/mol. The van der Waals surface area contributed by atoms with Gasteiger partial charge in [0.1, 0.15) is 0 Å². The molecule has 0 unspecified atom stereocenters. The van der Waals surface area contributed by atoms with Gasteiger partial charge in [-0.2, -0.15) is 0 Å². The van der Waals surface area contributed by atoms with E-state index in [0.29, 0.717) is 11.4 Å². The molecule has 0 bridgehead atoms. The monoisotopic (exact) mass is 258 g/mol. The van der Waals surface area contributed by atoms with Gasteiger partial charge in [0.25, 0.3) is 14.2 Å². The highest BCUT2D eigenvalue weighted by Crippen LogP contribution is 2.19. The van der Waals surface area contributed by atoms with E-state index in [1.807, 2.05) is 0 Å². The van der Waals surface area contributed by atoms with Crippen molar-refractivity contribution in [2.45, 2.75) is 5.16 Å². The number of hydrogen-bond acceptors (Lipinski definition) is 5. The molecule has 6 nitrogen and oxygen atoms in total. The Kier molecular flexibility index (Phi) is 2.64. The molecule has 2 aromatic heterocycles. The zero-order valence-electron chi connectivity index (χ0n) is 8.20. The second-order valence-electron chi connectivity index (χ2n) is 3.04. The molecule has 0 aliphatic rings. The molecular formula is C8H7ClN4O2S. The molecule has 2 heterocycles. The fourth-order valence-electron chi connectivity index (χ4n) is 1.27. The lowest BCUT2D eigenvalue weighted by Crippen LogP contribution is -2.02. The van der Waals surface area contributed by atoms with Crippen molar-refractivity contribution < 1.29 is 8.42 Å². The van der Waals surface area contributed by atoms with Gasteiger partial charge in [0, 0.05) is 35.7 Å². The van der Waals surface area contributed by atoms with E-state index in [-0.39, 0.29) is 5.16 Å². The summed E-state index contributed by atoms with van der Waals surface area (Å²) in [7, 11) is 2.84. The van der Waals surface area contributed by atoms with Gasteiger partial charge in [-0.25, -0.2) is 8.42 Å². The molecule has 0 fully saturated rings. The maximum Gasteiger partial charge on any atom is 0.296 e. The standard InChI is InChI=1S/C8H7ClN4O2S/c1-13-7(6-3-2-4-10-5-6)11-12-8(13)16(9,14)15/h2-5H,1H3. The van der Waals surface area contributed by atoms with Gasteiger partial charge in [-0.3, -0.25) is 9.55 Å². The third-order valence-corrected chi connectivity index (χ3v) is 3.18. The number of nitrogens with zero attached hydrogens (tertiary/aromatic N) is 4. The van der Waals surface area contributed by atoms with Gasteiger partial charge in [0.15, 0.2) is 5.82 Å². The van der Waals surface area contributed by atoms with Crippen LogP contribution in [-0.2, 0) is 16.1 Å². The van der Waals surface area contributed by atoms with Gasteiger partial charge in [-0.15, -0.1) is 10.2 Å². The SMILES string of the molecule is Cn1c(-c2cccnc2)nnc1S(=O)(=O)Cl. The van der Waals surface area contributed by atoms with E-state index in [2.05, 4.69) is 15.2 Å². The summed E-state index contributed by atoms with van der Waals surface area (Å²) in [6, 6.07) is 3.47. The summed E-state index contributed by atoms with van der Waals surface area (Å²) in [4.78, 5) is 3.91. The Morgan fingerprint density at radius 1 is 1.38 bits per heavy atom. The highest BCUT2D eigenvalue weighted by molar-refractivity contribution is 8.13. The first-order valence-electron chi connectivity index (χ1n) is 4.24. The van der Waals surface area contributed by atoms with Crippen molar-refractivity contribution in [1.29, 1.82) is 0 Å². The summed E-state index contributed by atoms with van der Waals surface area (Å²) in [5.74, 6) is 0.396. The fraction of sp³-hybridized carbons (Fsp3) is 0.125. The van der Waals surface area contributed by atoms with Crippen molar-refractivity contribution in [2.24, 2.45) is 7.05 Å². The van der Waals surface area contributed by atoms with Crippen molar-refractivity contribution >= 4 is 19.7 Å². The first kappa shape index (κ1) is 11.0. The van der Waals surface area contributed by atoms with E-state index >= 15 is 0 Å². The van der Waals surface area contributed by atoms with E-state index < -0.39 is 9.05 Å². The molecule has 0 aromatic carbocycles. The summed E-state index contributed by atoms with van der Waals surface area (Å²) in [6.07, 6.45) is 3.17. The minimum absolute atomic E-state index is 0.284. The lowest BCUT2D eigenvalue weighted by atomic mass is 10.3. The second kappa shape index (κ2) is 3.84. The van der Waals surface area contributed by atoms with Crippen LogP contribution in [0.2, 0.25) is 0 Å². The Morgan fingerprint density at radius 2 is 2.12 bits per heavy atom. The van der Waals surface area contributed by atoms with E-state index in [0.717, 1.165) is 0 Å². The zero-order chi connectivity index (χ0) is 11.8. The first-order valence-corrected chi connectivity index (χ1v) is 6.55. The lowest BCUT2D eigenvalue weighted by molar-refractivity contribution is 0.593. The molecule has 84 valence electrons. The van der Waals surface area contributed by atoms with Crippen LogP contribution in [0.5, 0.6) is 0 Å². The molecule has 0 amide bonds. The predicted molar refractivity (Wildman–Crippen MR) is 57.3 cm³/mol. The minimum Gasteiger partial charge on any atom is -0.300 e. The van der Waals surface area contributed by atoms with Crippen LogP contribution < -0.4 is 0 Å². The second-order valence-corrected chi connectivity index (χ2v) is 5.50. The molecule has 0 radical (unpaired) electrons. The number of hydrogen-bond donors (Lipinski definition) is 0. The number of aromatic nitrogens is 4. The normalized spacial score (nSPS) is 11.6. The van der Waals surface area contributed by atoms with Crippen molar-refractivity contribution in [2.75, 3.05) is 0 Å².